The zero-order valence-corrected chi connectivity index (χ0v) is 11.0. The Balaban J connectivity index is 0.000000494. The fraction of sp³-hybridized carbons (Fsp3) is 0.500. The first-order valence-corrected chi connectivity index (χ1v) is 6.12. The van der Waals surface area contributed by atoms with E-state index in [-0.39, 0.29) is 6.61 Å². The Bertz CT molecular complexity index is 330. The summed E-state index contributed by atoms with van der Waals surface area (Å²) in [6, 6.07) is 7.10. The lowest BCUT2D eigenvalue weighted by atomic mass is 10.1. The normalized spacial score (nSPS) is 11.3. The van der Waals surface area contributed by atoms with Gasteiger partial charge in [-0.15, -0.1) is 0 Å². The summed E-state index contributed by atoms with van der Waals surface area (Å²) in [6.07, 6.45) is 2.80. The van der Waals surface area contributed by atoms with Gasteiger partial charge in [0.2, 0.25) is 0 Å². The van der Waals surface area contributed by atoms with Gasteiger partial charge in [-0.1, -0.05) is 25.5 Å². The molecule has 0 aliphatic rings. The van der Waals surface area contributed by atoms with E-state index in [0.29, 0.717) is 5.56 Å². The summed E-state index contributed by atoms with van der Waals surface area (Å²) in [7, 11) is 0. The molecule has 18 heavy (non-hydrogen) atoms. The minimum Gasteiger partial charge on any atom is -0.478 e. The van der Waals surface area contributed by atoms with Crippen LogP contribution in [0.5, 0.6) is 0 Å². The van der Waals surface area contributed by atoms with Gasteiger partial charge in [0, 0.05) is 0 Å². The van der Waals surface area contributed by atoms with E-state index < -0.39 is 12.1 Å². The lowest BCUT2D eigenvalue weighted by molar-refractivity contribution is 0.0697. The molecular formula is C14H22O4. The SMILES string of the molecule is CC(O)CO.CCCCc1ccc(C(=O)O)cc1. The minimum absolute atomic E-state index is 0.139. The van der Waals surface area contributed by atoms with Gasteiger partial charge in [0.05, 0.1) is 18.3 Å². The van der Waals surface area contributed by atoms with Gasteiger partial charge in [0.1, 0.15) is 0 Å². The number of rotatable bonds is 5. The number of hydrogen-bond acceptors (Lipinski definition) is 3. The standard InChI is InChI=1S/C11H14O2.C3H8O2/c1-2-3-4-9-5-7-10(8-6-9)11(12)13;1-3(5)2-4/h5-8H,2-4H2,1H3,(H,12,13);3-5H,2H2,1H3. The van der Waals surface area contributed by atoms with Crippen molar-refractivity contribution in [1.82, 2.24) is 0 Å². The highest BCUT2D eigenvalue weighted by Crippen LogP contribution is 2.07. The van der Waals surface area contributed by atoms with Crippen molar-refractivity contribution in [3.8, 4) is 0 Å². The van der Waals surface area contributed by atoms with E-state index in [9.17, 15) is 4.79 Å². The zero-order chi connectivity index (χ0) is 14.0. The molecule has 1 unspecified atom stereocenters. The first-order chi connectivity index (χ1) is 8.51. The third-order valence-corrected chi connectivity index (χ3v) is 2.28. The lowest BCUT2D eigenvalue weighted by Gasteiger charge is -1.99. The largest absolute Gasteiger partial charge is 0.478 e. The Morgan fingerprint density at radius 3 is 2.11 bits per heavy atom. The Kier molecular flexibility index (Phi) is 8.88. The Morgan fingerprint density at radius 1 is 1.28 bits per heavy atom. The molecule has 4 heteroatoms. The molecule has 4 nitrogen and oxygen atoms in total. The van der Waals surface area contributed by atoms with Crippen LogP contribution in [0.15, 0.2) is 24.3 Å². The second kappa shape index (κ2) is 9.62. The smallest absolute Gasteiger partial charge is 0.335 e. The van der Waals surface area contributed by atoms with Crippen LogP contribution >= 0.6 is 0 Å². The lowest BCUT2D eigenvalue weighted by Crippen LogP contribution is -2.03. The van der Waals surface area contributed by atoms with Crippen molar-refractivity contribution in [3.63, 3.8) is 0 Å². The van der Waals surface area contributed by atoms with E-state index in [0.717, 1.165) is 12.8 Å². The highest BCUT2D eigenvalue weighted by Gasteiger charge is 2.00. The van der Waals surface area contributed by atoms with Crippen LogP contribution in [0.3, 0.4) is 0 Å². The van der Waals surface area contributed by atoms with Gasteiger partial charge in [-0.2, -0.15) is 0 Å². The van der Waals surface area contributed by atoms with Crippen molar-refractivity contribution in [2.24, 2.45) is 0 Å². The molecule has 0 heterocycles. The molecule has 0 fully saturated rings. The average Bonchev–Trinajstić information content (AvgIpc) is 2.37. The maximum atomic E-state index is 10.5. The molecule has 0 aliphatic heterocycles. The first kappa shape index (κ1) is 16.6. The van der Waals surface area contributed by atoms with Gasteiger partial charge >= 0.3 is 5.97 Å². The number of carbonyl (C=O) groups is 1. The van der Waals surface area contributed by atoms with Crippen molar-refractivity contribution in [2.75, 3.05) is 6.61 Å². The molecule has 0 bridgehead atoms. The summed E-state index contributed by atoms with van der Waals surface area (Å²) in [5.74, 6) is -0.859. The molecule has 0 amide bonds. The molecule has 1 aromatic rings. The van der Waals surface area contributed by atoms with E-state index in [1.54, 1.807) is 12.1 Å². The number of hydrogen-bond donors (Lipinski definition) is 3. The van der Waals surface area contributed by atoms with E-state index in [4.69, 9.17) is 15.3 Å². The van der Waals surface area contributed by atoms with Crippen LogP contribution in [0, 0.1) is 0 Å². The van der Waals surface area contributed by atoms with Crippen LogP contribution in [-0.2, 0) is 6.42 Å². The number of aryl methyl sites for hydroxylation is 1. The predicted octanol–water partition coefficient (Wildman–Crippen LogP) is 2.09. The average molecular weight is 254 g/mol. The number of benzene rings is 1. The van der Waals surface area contributed by atoms with Gasteiger partial charge in [-0.05, 0) is 37.5 Å². The van der Waals surface area contributed by atoms with E-state index >= 15 is 0 Å². The molecule has 0 spiro atoms. The van der Waals surface area contributed by atoms with Crippen LogP contribution in [-0.4, -0.2) is 34.0 Å². The van der Waals surface area contributed by atoms with Gasteiger partial charge in [0.25, 0.3) is 0 Å². The summed E-state index contributed by atoms with van der Waals surface area (Å²) in [5, 5.41) is 24.7. The number of unbranched alkanes of at least 4 members (excludes halogenated alkanes) is 1. The van der Waals surface area contributed by atoms with Crippen molar-refractivity contribution in [1.29, 1.82) is 0 Å². The van der Waals surface area contributed by atoms with E-state index in [2.05, 4.69) is 6.92 Å². The van der Waals surface area contributed by atoms with Crippen LogP contribution in [0.25, 0.3) is 0 Å². The van der Waals surface area contributed by atoms with Crippen LogP contribution in [0.2, 0.25) is 0 Å². The molecule has 1 aromatic carbocycles. The molecule has 1 atom stereocenters. The topological polar surface area (TPSA) is 77.8 Å². The molecular weight excluding hydrogens is 232 g/mol. The summed E-state index contributed by atoms with van der Waals surface area (Å²) >= 11 is 0. The quantitative estimate of drug-likeness (QED) is 0.752. The van der Waals surface area contributed by atoms with Crippen molar-refractivity contribution in [3.05, 3.63) is 35.4 Å². The van der Waals surface area contributed by atoms with Crippen LogP contribution < -0.4 is 0 Å². The van der Waals surface area contributed by atoms with Crippen LogP contribution in [0.4, 0.5) is 0 Å². The first-order valence-electron chi connectivity index (χ1n) is 6.12. The van der Waals surface area contributed by atoms with E-state index in [1.165, 1.54) is 18.9 Å². The summed E-state index contributed by atoms with van der Waals surface area (Å²) in [5.41, 5.74) is 1.58. The Morgan fingerprint density at radius 2 is 1.78 bits per heavy atom. The van der Waals surface area contributed by atoms with E-state index in [1.807, 2.05) is 12.1 Å². The van der Waals surface area contributed by atoms with Crippen LogP contribution in [0.1, 0.15) is 42.6 Å². The van der Waals surface area contributed by atoms with Gasteiger partial charge in [-0.25, -0.2) is 4.79 Å². The summed E-state index contributed by atoms with van der Waals surface area (Å²) in [6.45, 7) is 3.53. The summed E-state index contributed by atoms with van der Waals surface area (Å²) in [4.78, 5) is 10.5. The fourth-order valence-electron chi connectivity index (χ4n) is 1.19. The van der Waals surface area contributed by atoms with Crippen molar-refractivity contribution < 1.29 is 20.1 Å². The minimum atomic E-state index is -0.859. The van der Waals surface area contributed by atoms with Crippen molar-refractivity contribution >= 4 is 5.97 Å². The van der Waals surface area contributed by atoms with Gasteiger partial charge < -0.3 is 15.3 Å². The second-order valence-electron chi connectivity index (χ2n) is 4.14. The monoisotopic (exact) mass is 254 g/mol. The highest BCUT2D eigenvalue weighted by molar-refractivity contribution is 5.87. The van der Waals surface area contributed by atoms with Crippen molar-refractivity contribution in [2.45, 2.75) is 39.2 Å². The molecule has 0 aliphatic carbocycles. The maximum absolute atomic E-state index is 10.5. The molecule has 3 N–H and O–H groups in total. The molecule has 1 rings (SSSR count). The summed E-state index contributed by atoms with van der Waals surface area (Å²) < 4.78 is 0. The maximum Gasteiger partial charge on any atom is 0.335 e. The second-order valence-corrected chi connectivity index (χ2v) is 4.14. The van der Waals surface area contributed by atoms with Gasteiger partial charge in [-0.3, -0.25) is 0 Å². The molecule has 0 saturated carbocycles. The number of aliphatic hydroxyl groups is 2. The molecule has 102 valence electrons. The molecule has 0 radical (unpaired) electrons. The third-order valence-electron chi connectivity index (χ3n) is 2.28. The Labute approximate surface area is 108 Å². The van der Waals surface area contributed by atoms with Gasteiger partial charge in [0.15, 0.2) is 0 Å². The number of aromatic carboxylic acids is 1. The number of carboxylic acid groups (broad SMARTS) is 1. The fourth-order valence-corrected chi connectivity index (χ4v) is 1.19. The molecule has 0 aromatic heterocycles. The third kappa shape index (κ3) is 7.81. The number of aliphatic hydroxyl groups excluding tert-OH is 2. The highest BCUT2D eigenvalue weighted by atomic mass is 16.4. The zero-order valence-electron chi connectivity index (χ0n) is 11.0. The Hall–Kier alpha value is -1.39. The number of carboxylic acids is 1. The predicted molar refractivity (Wildman–Crippen MR) is 70.8 cm³/mol. The molecule has 0 saturated heterocycles.